The van der Waals surface area contributed by atoms with Gasteiger partial charge in [-0.2, -0.15) is 0 Å². The number of carbonyl (C=O) groups is 1. The summed E-state index contributed by atoms with van der Waals surface area (Å²) >= 11 is 5.88. The molecule has 0 bridgehead atoms. The number of hydrogen-bond donors (Lipinski definition) is 0. The minimum atomic E-state index is -0.340. The van der Waals surface area contributed by atoms with Crippen LogP contribution in [0.1, 0.15) is 72.3 Å². The molecule has 0 spiro atoms. The number of hydrogen-bond acceptors (Lipinski definition) is 2. The van der Waals surface area contributed by atoms with E-state index in [4.69, 9.17) is 16.3 Å². The van der Waals surface area contributed by atoms with Gasteiger partial charge in [0.1, 0.15) is 5.75 Å². The molecule has 0 aromatic heterocycles. The first kappa shape index (κ1) is 21.6. The van der Waals surface area contributed by atoms with Crippen molar-refractivity contribution < 1.29 is 9.53 Å². The van der Waals surface area contributed by atoms with E-state index in [9.17, 15) is 4.79 Å². The summed E-state index contributed by atoms with van der Waals surface area (Å²) in [6.45, 7) is 2.35. The fraction of sp³-hybridized carbons (Fsp3) is 0.321. The van der Waals surface area contributed by atoms with Crippen LogP contribution in [0.2, 0.25) is 5.02 Å². The Morgan fingerprint density at radius 1 is 0.903 bits per heavy atom. The first-order chi connectivity index (χ1) is 15.1. The third kappa shape index (κ3) is 5.77. The summed E-state index contributed by atoms with van der Waals surface area (Å²) in [6, 6.07) is 25.6. The van der Waals surface area contributed by atoms with E-state index < -0.39 is 0 Å². The van der Waals surface area contributed by atoms with Gasteiger partial charge in [-0.05, 0) is 97.4 Å². The molecule has 1 aliphatic carbocycles. The van der Waals surface area contributed by atoms with Crippen LogP contribution in [0.15, 0.2) is 78.9 Å². The number of benzene rings is 3. The summed E-state index contributed by atoms with van der Waals surface area (Å²) in [5.74, 6) is 2.17. The lowest BCUT2D eigenvalue weighted by molar-refractivity contribution is 0.0734. The molecule has 0 aliphatic heterocycles. The Morgan fingerprint density at radius 2 is 1.55 bits per heavy atom. The molecule has 0 unspecified atom stereocenters. The maximum absolute atomic E-state index is 12.4. The van der Waals surface area contributed by atoms with Crippen molar-refractivity contribution in [3.8, 4) is 5.75 Å². The summed E-state index contributed by atoms with van der Waals surface area (Å²) in [5.41, 5.74) is 3.35. The van der Waals surface area contributed by atoms with Crippen molar-refractivity contribution in [2.45, 2.75) is 50.9 Å². The quantitative estimate of drug-likeness (QED) is 0.291. The largest absolute Gasteiger partial charge is 0.423 e. The van der Waals surface area contributed by atoms with Crippen LogP contribution < -0.4 is 4.74 Å². The molecule has 1 saturated carbocycles. The minimum Gasteiger partial charge on any atom is -0.423 e. The van der Waals surface area contributed by atoms with E-state index in [1.54, 1.807) is 24.3 Å². The van der Waals surface area contributed by atoms with Crippen LogP contribution in [-0.2, 0) is 0 Å². The number of ether oxygens (including phenoxy) is 1. The van der Waals surface area contributed by atoms with Gasteiger partial charge in [0.25, 0.3) is 0 Å². The van der Waals surface area contributed by atoms with E-state index in [2.05, 4.69) is 49.4 Å². The molecule has 1 fully saturated rings. The first-order valence-electron chi connectivity index (χ1n) is 11.2. The molecule has 2 nitrogen and oxygen atoms in total. The lowest BCUT2D eigenvalue weighted by Gasteiger charge is -2.30. The van der Waals surface area contributed by atoms with Gasteiger partial charge in [0, 0.05) is 5.02 Å². The van der Waals surface area contributed by atoms with E-state index in [0.717, 1.165) is 5.92 Å². The Labute approximate surface area is 190 Å². The van der Waals surface area contributed by atoms with Crippen LogP contribution in [-0.4, -0.2) is 5.97 Å². The van der Waals surface area contributed by atoms with Crippen molar-refractivity contribution in [2.24, 2.45) is 5.92 Å². The summed E-state index contributed by atoms with van der Waals surface area (Å²) in [7, 11) is 0. The highest BCUT2D eigenvalue weighted by Gasteiger charge is 2.24. The van der Waals surface area contributed by atoms with E-state index in [0.29, 0.717) is 28.2 Å². The maximum Gasteiger partial charge on any atom is 0.343 e. The highest BCUT2D eigenvalue weighted by molar-refractivity contribution is 6.30. The third-order valence-corrected chi connectivity index (χ3v) is 6.80. The molecule has 0 heterocycles. The Bertz CT molecular complexity index is 972. The number of esters is 1. The standard InChI is InChI=1S/C28H29ClO2/c1-20(22-5-3-2-4-6-22)19-21-7-9-23(10-8-21)24-11-13-25(14-12-24)28(30)31-27-17-15-26(29)16-18-27/h2-6,11-18,20-21,23H,7-10,19H2,1H3/t20-,21?,23?/m0/s1. The van der Waals surface area contributed by atoms with Crippen molar-refractivity contribution in [3.05, 3.63) is 101 Å². The second-order valence-electron chi connectivity index (χ2n) is 8.73. The molecule has 160 valence electrons. The van der Waals surface area contributed by atoms with E-state index in [1.807, 2.05) is 12.1 Å². The van der Waals surface area contributed by atoms with E-state index in [1.165, 1.54) is 43.2 Å². The predicted octanol–water partition coefficient (Wildman–Crippen LogP) is 8.03. The molecule has 0 radical (unpaired) electrons. The van der Waals surface area contributed by atoms with Crippen LogP contribution in [0.4, 0.5) is 0 Å². The average molecular weight is 433 g/mol. The molecule has 0 amide bonds. The zero-order chi connectivity index (χ0) is 21.6. The van der Waals surface area contributed by atoms with Gasteiger partial charge >= 0.3 is 5.97 Å². The topological polar surface area (TPSA) is 26.3 Å². The Hall–Kier alpha value is -2.58. The molecule has 1 aliphatic rings. The molecule has 0 N–H and O–H groups in total. The number of halogens is 1. The maximum atomic E-state index is 12.4. The minimum absolute atomic E-state index is 0.340. The Kier molecular flexibility index (Phi) is 7.09. The van der Waals surface area contributed by atoms with Gasteiger partial charge < -0.3 is 4.74 Å². The fourth-order valence-corrected chi connectivity index (χ4v) is 4.84. The molecular weight excluding hydrogens is 404 g/mol. The zero-order valence-corrected chi connectivity index (χ0v) is 18.7. The summed E-state index contributed by atoms with van der Waals surface area (Å²) in [4.78, 5) is 12.4. The molecule has 1 atom stereocenters. The highest BCUT2D eigenvalue weighted by atomic mass is 35.5. The number of rotatable bonds is 6. The highest BCUT2D eigenvalue weighted by Crippen LogP contribution is 2.39. The van der Waals surface area contributed by atoms with Gasteiger partial charge in [-0.25, -0.2) is 4.79 Å². The summed E-state index contributed by atoms with van der Waals surface area (Å²) in [5, 5.41) is 0.619. The second kappa shape index (κ2) is 10.2. The lowest BCUT2D eigenvalue weighted by Crippen LogP contribution is -2.15. The molecule has 4 rings (SSSR count). The predicted molar refractivity (Wildman–Crippen MR) is 127 cm³/mol. The van der Waals surface area contributed by atoms with Gasteiger partial charge in [-0.3, -0.25) is 0 Å². The van der Waals surface area contributed by atoms with Crippen molar-refractivity contribution >= 4 is 17.6 Å². The van der Waals surface area contributed by atoms with Crippen LogP contribution >= 0.6 is 11.6 Å². The van der Waals surface area contributed by atoms with Crippen molar-refractivity contribution in [3.63, 3.8) is 0 Å². The van der Waals surface area contributed by atoms with Crippen molar-refractivity contribution in [1.82, 2.24) is 0 Å². The summed E-state index contributed by atoms with van der Waals surface area (Å²) < 4.78 is 5.43. The van der Waals surface area contributed by atoms with Crippen molar-refractivity contribution in [1.29, 1.82) is 0 Å². The van der Waals surface area contributed by atoms with Gasteiger partial charge in [0.15, 0.2) is 0 Å². The third-order valence-electron chi connectivity index (χ3n) is 6.54. The van der Waals surface area contributed by atoms with Crippen molar-refractivity contribution in [2.75, 3.05) is 0 Å². The van der Waals surface area contributed by atoms with Gasteiger partial charge in [-0.15, -0.1) is 0 Å². The van der Waals surface area contributed by atoms with Gasteiger partial charge in [0.2, 0.25) is 0 Å². The first-order valence-corrected chi connectivity index (χ1v) is 11.6. The van der Waals surface area contributed by atoms with E-state index in [-0.39, 0.29) is 5.97 Å². The molecule has 0 saturated heterocycles. The van der Waals surface area contributed by atoms with Crippen LogP contribution in [0.25, 0.3) is 0 Å². The molecule has 3 heteroatoms. The second-order valence-corrected chi connectivity index (χ2v) is 9.17. The Balaban J connectivity index is 1.29. The van der Waals surface area contributed by atoms with Crippen LogP contribution in [0.3, 0.4) is 0 Å². The zero-order valence-electron chi connectivity index (χ0n) is 18.0. The van der Waals surface area contributed by atoms with Gasteiger partial charge in [0.05, 0.1) is 5.56 Å². The van der Waals surface area contributed by atoms with Crippen LogP contribution in [0.5, 0.6) is 5.75 Å². The lowest BCUT2D eigenvalue weighted by atomic mass is 9.75. The normalized spacial score (nSPS) is 19.5. The Morgan fingerprint density at radius 3 is 2.19 bits per heavy atom. The SMILES string of the molecule is C[C@@H](CC1CCC(c2ccc(C(=O)Oc3ccc(Cl)cc3)cc2)CC1)c1ccccc1. The molecular formula is C28H29ClO2. The fourth-order valence-electron chi connectivity index (χ4n) is 4.71. The molecule has 3 aromatic rings. The summed E-state index contributed by atoms with van der Waals surface area (Å²) in [6.07, 6.45) is 6.28. The number of carbonyl (C=O) groups excluding carboxylic acids is 1. The molecule has 31 heavy (non-hydrogen) atoms. The smallest absolute Gasteiger partial charge is 0.343 e. The van der Waals surface area contributed by atoms with Crippen LogP contribution in [0, 0.1) is 5.92 Å². The average Bonchev–Trinajstić information content (AvgIpc) is 2.82. The molecule has 3 aromatic carbocycles. The monoisotopic (exact) mass is 432 g/mol. The van der Waals surface area contributed by atoms with Gasteiger partial charge in [-0.1, -0.05) is 61.0 Å². The van der Waals surface area contributed by atoms with E-state index >= 15 is 0 Å².